The molecule has 0 aliphatic carbocycles. The molecule has 0 aliphatic heterocycles. The van der Waals surface area contributed by atoms with Gasteiger partial charge in [0.05, 0.1) is 7.11 Å². The van der Waals surface area contributed by atoms with Crippen molar-refractivity contribution in [1.82, 2.24) is 25.4 Å². The second kappa shape index (κ2) is 10.8. The molecule has 0 bridgehead atoms. The van der Waals surface area contributed by atoms with E-state index in [0.29, 0.717) is 6.54 Å². The molecule has 0 saturated heterocycles. The van der Waals surface area contributed by atoms with Gasteiger partial charge in [-0.2, -0.15) is 0 Å². The Morgan fingerprint density at radius 3 is 2.58 bits per heavy atom. The fourth-order valence-electron chi connectivity index (χ4n) is 2.06. The van der Waals surface area contributed by atoms with Crippen molar-refractivity contribution in [2.45, 2.75) is 19.9 Å². The molecular formula is C16H25IN6O. The summed E-state index contributed by atoms with van der Waals surface area (Å²) >= 11 is 0. The van der Waals surface area contributed by atoms with Crippen molar-refractivity contribution in [3.05, 3.63) is 42.0 Å². The van der Waals surface area contributed by atoms with Gasteiger partial charge < -0.3 is 19.9 Å². The number of aryl methyl sites for hydroxylation is 1. The van der Waals surface area contributed by atoms with E-state index in [9.17, 15) is 0 Å². The minimum Gasteiger partial charge on any atom is -0.497 e. The number of halogens is 1. The quantitative estimate of drug-likeness (QED) is 0.387. The molecule has 2 aromatic rings. The third-order valence-corrected chi connectivity index (χ3v) is 3.39. The summed E-state index contributed by atoms with van der Waals surface area (Å²) in [4.78, 5) is 4.53. The first-order chi connectivity index (χ1) is 11.2. The maximum absolute atomic E-state index is 5.16. The normalized spacial score (nSPS) is 10.9. The second-order valence-corrected chi connectivity index (χ2v) is 5.08. The largest absolute Gasteiger partial charge is 0.497 e. The van der Waals surface area contributed by atoms with Gasteiger partial charge in [-0.3, -0.25) is 0 Å². The first kappa shape index (κ1) is 20.2. The molecule has 0 atom stereocenters. The molecule has 0 unspecified atom stereocenters. The van der Waals surface area contributed by atoms with E-state index < -0.39 is 0 Å². The zero-order chi connectivity index (χ0) is 16.5. The summed E-state index contributed by atoms with van der Waals surface area (Å²) in [5, 5.41) is 14.4. The van der Waals surface area contributed by atoms with Gasteiger partial charge in [-0.25, -0.2) is 4.99 Å². The van der Waals surface area contributed by atoms with Crippen LogP contribution in [0.15, 0.2) is 35.6 Å². The lowest BCUT2D eigenvalue weighted by Crippen LogP contribution is -2.38. The molecule has 0 radical (unpaired) electrons. The lowest BCUT2D eigenvalue weighted by Gasteiger charge is -2.11. The molecular weight excluding hydrogens is 419 g/mol. The highest BCUT2D eigenvalue weighted by Gasteiger charge is 2.02. The smallest absolute Gasteiger partial charge is 0.191 e. The number of aliphatic imine (C=N–C) groups is 1. The summed E-state index contributed by atoms with van der Waals surface area (Å²) in [6.45, 7) is 4.15. The Kier molecular flexibility index (Phi) is 9.13. The number of rotatable bonds is 7. The average Bonchev–Trinajstić information content (AvgIpc) is 2.98. The number of guanidine groups is 1. The van der Waals surface area contributed by atoms with Gasteiger partial charge in [-0.05, 0) is 31.0 Å². The van der Waals surface area contributed by atoms with Gasteiger partial charge in [0, 0.05) is 20.1 Å². The number of hydrogen-bond acceptors (Lipinski definition) is 4. The number of hydrogen-bond donors (Lipinski definition) is 2. The first-order valence-electron chi connectivity index (χ1n) is 7.71. The second-order valence-electron chi connectivity index (χ2n) is 5.08. The molecule has 1 aromatic carbocycles. The molecule has 132 valence electrons. The molecule has 2 rings (SSSR count). The van der Waals surface area contributed by atoms with E-state index in [1.54, 1.807) is 13.4 Å². The third-order valence-electron chi connectivity index (χ3n) is 3.39. The van der Waals surface area contributed by atoms with Crippen molar-refractivity contribution in [3.8, 4) is 5.75 Å². The van der Waals surface area contributed by atoms with E-state index in [0.717, 1.165) is 37.0 Å². The molecule has 24 heavy (non-hydrogen) atoms. The highest BCUT2D eigenvalue weighted by atomic mass is 127. The lowest BCUT2D eigenvalue weighted by molar-refractivity contribution is 0.414. The Morgan fingerprint density at radius 2 is 2.00 bits per heavy atom. The summed E-state index contributed by atoms with van der Waals surface area (Å²) in [5.41, 5.74) is 1.25. The van der Waals surface area contributed by atoms with E-state index in [2.05, 4.69) is 38.0 Å². The van der Waals surface area contributed by atoms with Gasteiger partial charge in [0.15, 0.2) is 11.8 Å². The fourth-order valence-corrected chi connectivity index (χ4v) is 2.06. The zero-order valence-corrected chi connectivity index (χ0v) is 16.7. The predicted molar refractivity (Wildman–Crippen MR) is 106 cm³/mol. The highest BCUT2D eigenvalue weighted by molar-refractivity contribution is 14.0. The van der Waals surface area contributed by atoms with Crippen LogP contribution in [0.4, 0.5) is 0 Å². The molecule has 2 N–H and O–H groups in total. The van der Waals surface area contributed by atoms with Crippen molar-refractivity contribution in [1.29, 1.82) is 0 Å². The molecule has 0 saturated carbocycles. The minimum atomic E-state index is 0. The number of aromatic nitrogens is 3. The Morgan fingerprint density at radius 1 is 1.25 bits per heavy atom. The monoisotopic (exact) mass is 444 g/mol. The summed E-state index contributed by atoms with van der Waals surface area (Å²) < 4.78 is 7.03. The van der Waals surface area contributed by atoms with E-state index in [1.807, 2.05) is 30.7 Å². The van der Waals surface area contributed by atoms with Gasteiger partial charge in [-0.15, -0.1) is 34.2 Å². The number of methoxy groups -OCH3 is 1. The van der Waals surface area contributed by atoms with E-state index in [4.69, 9.17) is 4.74 Å². The Labute approximate surface area is 159 Å². The molecule has 0 aliphatic rings. The van der Waals surface area contributed by atoms with Gasteiger partial charge in [0.1, 0.15) is 18.6 Å². The van der Waals surface area contributed by atoms with Crippen LogP contribution in [0.1, 0.15) is 18.3 Å². The lowest BCUT2D eigenvalue weighted by atomic mass is 10.1. The first-order valence-corrected chi connectivity index (χ1v) is 7.71. The molecule has 1 heterocycles. The van der Waals surface area contributed by atoms with Crippen LogP contribution in [-0.4, -0.2) is 40.9 Å². The number of benzene rings is 1. The molecule has 8 heteroatoms. The minimum absolute atomic E-state index is 0. The standard InChI is InChI=1S/C16H24N6O.HI/c1-4-17-16(19-11-15-21-20-12-22(15)2)18-10-9-13-5-7-14(23-3)8-6-13;/h5-8,12H,4,9-11H2,1-3H3,(H2,17,18,19);1H. The molecule has 1 aromatic heterocycles. The predicted octanol–water partition coefficient (Wildman–Crippen LogP) is 1.74. The van der Waals surface area contributed by atoms with Crippen LogP contribution in [0.2, 0.25) is 0 Å². The van der Waals surface area contributed by atoms with Gasteiger partial charge in [0.2, 0.25) is 0 Å². The Hall–Kier alpha value is -1.84. The molecule has 0 amide bonds. The average molecular weight is 444 g/mol. The summed E-state index contributed by atoms with van der Waals surface area (Å²) in [6.07, 6.45) is 2.59. The SMILES string of the molecule is CCNC(=NCc1nncn1C)NCCc1ccc(OC)cc1.I. The van der Waals surface area contributed by atoms with Crippen molar-refractivity contribution < 1.29 is 4.74 Å². The Bertz CT molecular complexity index is 626. The molecule has 0 fully saturated rings. The van der Waals surface area contributed by atoms with E-state index in [-0.39, 0.29) is 24.0 Å². The van der Waals surface area contributed by atoms with Crippen LogP contribution in [-0.2, 0) is 20.0 Å². The maximum atomic E-state index is 5.16. The van der Waals surface area contributed by atoms with Gasteiger partial charge in [0.25, 0.3) is 0 Å². The van der Waals surface area contributed by atoms with E-state index >= 15 is 0 Å². The maximum Gasteiger partial charge on any atom is 0.191 e. The molecule has 0 spiro atoms. The van der Waals surface area contributed by atoms with Crippen LogP contribution < -0.4 is 15.4 Å². The summed E-state index contributed by atoms with van der Waals surface area (Å²) in [6, 6.07) is 8.10. The topological polar surface area (TPSA) is 76.4 Å². The number of nitrogens with zero attached hydrogens (tertiary/aromatic N) is 4. The summed E-state index contributed by atoms with van der Waals surface area (Å²) in [7, 11) is 3.59. The van der Waals surface area contributed by atoms with Crippen LogP contribution in [0, 0.1) is 0 Å². The Balaban J connectivity index is 0.00000288. The summed E-state index contributed by atoms with van der Waals surface area (Å²) in [5.74, 6) is 2.49. The number of nitrogens with one attached hydrogen (secondary N) is 2. The highest BCUT2D eigenvalue weighted by Crippen LogP contribution is 2.11. The van der Waals surface area contributed by atoms with Gasteiger partial charge >= 0.3 is 0 Å². The fraction of sp³-hybridized carbons (Fsp3) is 0.438. The van der Waals surface area contributed by atoms with Crippen LogP contribution in [0.25, 0.3) is 0 Å². The van der Waals surface area contributed by atoms with Crippen molar-refractivity contribution in [2.24, 2.45) is 12.0 Å². The van der Waals surface area contributed by atoms with Crippen molar-refractivity contribution >= 4 is 29.9 Å². The van der Waals surface area contributed by atoms with Crippen LogP contribution >= 0.6 is 24.0 Å². The zero-order valence-electron chi connectivity index (χ0n) is 14.3. The van der Waals surface area contributed by atoms with Crippen LogP contribution in [0.3, 0.4) is 0 Å². The third kappa shape index (κ3) is 6.34. The van der Waals surface area contributed by atoms with Crippen molar-refractivity contribution in [2.75, 3.05) is 20.2 Å². The van der Waals surface area contributed by atoms with Crippen molar-refractivity contribution in [3.63, 3.8) is 0 Å². The van der Waals surface area contributed by atoms with E-state index in [1.165, 1.54) is 5.56 Å². The molecule has 7 nitrogen and oxygen atoms in total. The number of ether oxygens (including phenoxy) is 1. The van der Waals surface area contributed by atoms with Gasteiger partial charge in [-0.1, -0.05) is 12.1 Å². The van der Waals surface area contributed by atoms with Crippen LogP contribution in [0.5, 0.6) is 5.75 Å².